The summed E-state index contributed by atoms with van der Waals surface area (Å²) in [7, 11) is 0. The number of fused-ring (bicyclic) bond motifs is 2. The molecule has 1 aromatic carbocycles. The van der Waals surface area contributed by atoms with Gasteiger partial charge in [-0.2, -0.15) is 0 Å². The average molecular weight is 318 g/mol. The van der Waals surface area contributed by atoms with E-state index >= 15 is 0 Å². The van der Waals surface area contributed by atoms with E-state index in [0.29, 0.717) is 11.7 Å². The lowest BCUT2D eigenvalue weighted by atomic mass is 9.70. The Morgan fingerprint density at radius 2 is 1.43 bits per heavy atom. The van der Waals surface area contributed by atoms with E-state index in [4.69, 9.17) is 10.2 Å². The van der Waals surface area contributed by atoms with Gasteiger partial charge in [-0.15, -0.1) is 0 Å². The minimum absolute atomic E-state index is 0.0255. The SMILES string of the molecule is CC12CCC(CC1=O)C2(C)C.O=C(O)c1ccc(C(=O)O)cc1. The first-order valence-electron chi connectivity index (χ1n) is 7.69. The highest BCUT2D eigenvalue weighted by Crippen LogP contribution is 2.63. The Bertz CT molecular complexity index is 611. The molecule has 2 bridgehead atoms. The molecule has 0 saturated heterocycles. The maximum absolute atomic E-state index is 11.6. The van der Waals surface area contributed by atoms with Crippen LogP contribution in [0.5, 0.6) is 0 Å². The number of aromatic carboxylic acids is 2. The van der Waals surface area contributed by atoms with Crippen LogP contribution in [-0.4, -0.2) is 27.9 Å². The molecule has 2 fully saturated rings. The zero-order valence-electron chi connectivity index (χ0n) is 13.6. The lowest BCUT2D eigenvalue weighted by molar-refractivity contribution is -0.128. The van der Waals surface area contributed by atoms with Gasteiger partial charge in [-0.25, -0.2) is 9.59 Å². The van der Waals surface area contributed by atoms with Gasteiger partial charge in [0, 0.05) is 11.8 Å². The summed E-state index contributed by atoms with van der Waals surface area (Å²) in [5.41, 5.74) is 0.474. The fraction of sp³-hybridized carbons (Fsp3) is 0.500. The number of carbonyl (C=O) groups excluding carboxylic acids is 1. The number of carboxylic acids is 2. The zero-order valence-corrected chi connectivity index (χ0v) is 13.6. The van der Waals surface area contributed by atoms with Gasteiger partial charge in [0.2, 0.25) is 0 Å². The number of ketones is 1. The standard InChI is InChI=1S/C10H16O.C8H6O4/c1-9(2)7-4-5-10(9,3)8(11)6-7;9-7(10)5-1-2-6(4-3-5)8(11)12/h7H,4-6H2,1-3H3;1-4H,(H,9,10)(H,11,12). The fourth-order valence-electron chi connectivity index (χ4n) is 3.66. The van der Waals surface area contributed by atoms with Crippen LogP contribution >= 0.6 is 0 Å². The molecular weight excluding hydrogens is 296 g/mol. The second-order valence-electron chi connectivity index (χ2n) is 7.10. The molecule has 2 unspecified atom stereocenters. The molecule has 0 spiro atoms. The van der Waals surface area contributed by atoms with Crippen molar-refractivity contribution in [3.8, 4) is 0 Å². The molecule has 2 saturated carbocycles. The van der Waals surface area contributed by atoms with Gasteiger partial charge in [-0.3, -0.25) is 4.79 Å². The highest BCUT2D eigenvalue weighted by Gasteiger charge is 2.61. The van der Waals surface area contributed by atoms with Gasteiger partial charge in [-0.1, -0.05) is 20.8 Å². The van der Waals surface area contributed by atoms with Crippen LogP contribution in [0, 0.1) is 16.7 Å². The topological polar surface area (TPSA) is 91.7 Å². The zero-order chi connectivity index (χ0) is 17.4. The van der Waals surface area contributed by atoms with E-state index in [9.17, 15) is 14.4 Å². The molecule has 5 nitrogen and oxygen atoms in total. The third-order valence-electron chi connectivity index (χ3n) is 5.86. The van der Waals surface area contributed by atoms with E-state index in [2.05, 4.69) is 20.8 Å². The lowest BCUT2D eigenvalue weighted by Crippen LogP contribution is -2.32. The van der Waals surface area contributed by atoms with Gasteiger partial charge in [0.1, 0.15) is 5.78 Å². The number of rotatable bonds is 2. The number of carbonyl (C=O) groups is 3. The molecule has 23 heavy (non-hydrogen) atoms. The van der Waals surface area contributed by atoms with Gasteiger partial charge in [0.15, 0.2) is 0 Å². The Morgan fingerprint density at radius 1 is 1.00 bits per heavy atom. The molecule has 0 amide bonds. The maximum Gasteiger partial charge on any atom is 0.335 e. The molecule has 0 heterocycles. The molecule has 0 radical (unpaired) electrons. The first kappa shape index (κ1) is 17.2. The number of carboxylic acid groups (broad SMARTS) is 2. The molecule has 2 N–H and O–H groups in total. The Hall–Kier alpha value is -2.17. The second kappa shape index (κ2) is 5.80. The molecular formula is C18H22O5. The summed E-state index contributed by atoms with van der Waals surface area (Å²) in [6.45, 7) is 6.67. The number of benzene rings is 1. The van der Waals surface area contributed by atoms with Gasteiger partial charge in [-0.05, 0) is 48.4 Å². The van der Waals surface area contributed by atoms with Gasteiger partial charge in [0.05, 0.1) is 11.1 Å². The largest absolute Gasteiger partial charge is 0.478 e. The van der Waals surface area contributed by atoms with Crippen molar-refractivity contribution in [2.75, 3.05) is 0 Å². The monoisotopic (exact) mass is 318 g/mol. The summed E-state index contributed by atoms with van der Waals surface area (Å²) in [4.78, 5) is 32.2. The van der Waals surface area contributed by atoms with Crippen LogP contribution in [0.2, 0.25) is 0 Å². The van der Waals surface area contributed by atoms with Crippen LogP contribution in [-0.2, 0) is 4.79 Å². The van der Waals surface area contributed by atoms with Crippen LogP contribution in [0.3, 0.4) is 0 Å². The second-order valence-corrected chi connectivity index (χ2v) is 7.10. The van der Waals surface area contributed by atoms with Crippen molar-refractivity contribution in [2.24, 2.45) is 16.7 Å². The molecule has 2 aliphatic carbocycles. The Labute approximate surface area is 135 Å². The summed E-state index contributed by atoms with van der Waals surface area (Å²) in [6.07, 6.45) is 3.25. The molecule has 3 rings (SSSR count). The molecule has 124 valence electrons. The third-order valence-corrected chi connectivity index (χ3v) is 5.86. The highest BCUT2D eigenvalue weighted by molar-refractivity contribution is 5.91. The van der Waals surface area contributed by atoms with Crippen molar-refractivity contribution in [1.29, 1.82) is 0 Å². The molecule has 5 heteroatoms. The normalized spacial score (nSPS) is 27.3. The van der Waals surface area contributed by atoms with Crippen LogP contribution in [0.25, 0.3) is 0 Å². The predicted octanol–water partition coefficient (Wildman–Crippen LogP) is 3.48. The number of hydrogen-bond donors (Lipinski definition) is 2. The molecule has 0 aromatic heterocycles. The third kappa shape index (κ3) is 2.87. The van der Waals surface area contributed by atoms with E-state index in [1.807, 2.05) is 0 Å². The van der Waals surface area contributed by atoms with Crippen LogP contribution < -0.4 is 0 Å². The van der Waals surface area contributed by atoms with Crippen molar-refractivity contribution in [1.82, 2.24) is 0 Å². The van der Waals surface area contributed by atoms with E-state index in [1.165, 1.54) is 30.7 Å². The van der Waals surface area contributed by atoms with Crippen molar-refractivity contribution in [2.45, 2.75) is 40.0 Å². The van der Waals surface area contributed by atoms with Crippen molar-refractivity contribution < 1.29 is 24.6 Å². The average Bonchev–Trinajstić information content (AvgIpc) is 2.81. The van der Waals surface area contributed by atoms with Gasteiger partial charge in [0.25, 0.3) is 0 Å². The first-order valence-corrected chi connectivity index (χ1v) is 7.69. The summed E-state index contributed by atoms with van der Waals surface area (Å²) < 4.78 is 0. The van der Waals surface area contributed by atoms with Crippen molar-refractivity contribution in [3.63, 3.8) is 0 Å². The van der Waals surface area contributed by atoms with Crippen molar-refractivity contribution >= 4 is 17.7 Å². The molecule has 2 atom stereocenters. The Kier molecular flexibility index (Phi) is 4.33. The van der Waals surface area contributed by atoms with E-state index in [1.54, 1.807) is 0 Å². The number of hydrogen-bond acceptors (Lipinski definition) is 3. The van der Waals surface area contributed by atoms with Crippen LogP contribution in [0.4, 0.5) is 0 Å². The highest BCUT2D eigenvalue weighted by atomic mass is 16.4. The smallest absolute Gasteiger partial charge is 0.335 e. The van der Waals surface area contributed by atoms with Crippen molar-refractivity contribution in [3.05, 3.63) is 35.4 Å². The summed E-state index contributed by atoms with van der Waals surface area (Å²) in [6, 6.07) is 5.02. The van der Waals surface area contributed by atoms with Gasteiger partial charge >= 0.3 is 11.9 Å². The first-order chi connectivity index (χ1) is 10.6. The fourth-order valence-corrected chi connectivity index (χ4v) is 3.66. The lowest BCUT2D eigenvalue weighted by Gasteiger charge is -2.32. The molecule has 1 aromatic rings. The number of Topliss-reactive ketones (excluding diaryl/α,β-unsaturated/α-hetero) is 1. The van der Waals surface area contributed by atoms with E-state index in [-0.39, 0.29) is 22.0 Å². The Morgan fingerprint density at radius 3 is 1.61 bits per heavy atom. The predicted molar refractivity (Wildman–Crippen MR) is 84.6 cm³/mol. The quantitative estimate of drug-likeness (QED) is 0.871. The Balaban J connectivity index is 0.000000167. The molecule has 2 aliphatic rings. The van der Waals surface area contributed by atoms with Crippen LogP contribution in [0.15, 0.2) is 24.3 Å². The summed E-state index contributed by atoms with van der Waals surface area (Å²) >= 11 is 0. The minimum Gasteiger partial charge on any atom is -0.478 e. The summed E-state index contributed by atoms with van der Waals surface area (Å²) in [5, 5.41) is 16.9. The van der Waals surface area contributed by atoms with E-state index in [0.717, 1.165) is 12.8 Å². The van der Waals surface area contributed by atoms with E-state index < -0.39 is 11.9 Å². The van der Waals surface area contributed by atoms with Crippen LogP contribution in [0.1, 0.15) is 60.7 Å². The van der Waals surface area contributed by atoms with Gasteiger partial charge < -0.3 is 10.2 Å². The summed E-state index contributed by atoms with van der Waals surface area (Å²) in [5.74, 6) is -0.933. The minimum atomic E-state index is -1.06. The molecule has 0 aliphatic heterocycles. The maximum atomic E-state index is 11.6.